The molecule has 3 rings (SSSR count). The van der Waals surface area contributed by atoms with E-state index in [-0.39, 0.29) is 23.9 Å². The lowest BCUT2D eigenvalue weighted by molar-refractivity contribution is 0.0462. The molecule has 0 aliphatic heterocycles. The molecule has 3 aromatic rings. The Morgan fingerprint density at radius 3 is 2.71 bits per heavy atom. The molecule has 0 radical (unpaired) electrons. The van der Waals surface area contributed by atoms with Crippen molar-refractivity contribution < 1.29 is 18.7 Å². The second kappa shape index (κ2) is 6.76. The summed E-state index contributed by atoms with van der Waals surface area (Å²) in [6, 6.07) is 7.48. The van der Waals surface area contributed by atoms with Crippen molar-refractivity contribution in [3.63, 3.8) is 0 Å². The molecule has 0 saturated carbocycles. The minimum Gasteiger partial charge on any atom is -0.454 e. The number of aromatic amines is 1. The number of esters is 1. The number of ketones is 1. The Labute approximate surface area is 141 Å². The lowest BCUT2D eigenvalue weighted by Gasteiger charge is -2.00. The van der Waals surface area contributed by atoms with E-state index in [1.54, 1.807) is 17.5 Å². The Morgan fingerprint density at radius 1 is 1.29 bits per heavy atom. The number of nitrogens with zero attached hydrogens (tertiary/aromatic N) is 1. The van der Waals surface area contributed by atoms with Crippen molar-refractivity contribution in [2.45, 2.75) is 13.5 Å². The number of carbonyl (C=O) groups is 2. The highest BCUT2D eigenvalue weighted by Gasteiger charge is 2.13. The van der Waals surface area contributed by atoms with Gasteiger partial charge in [-0.25, -0.2) is 14.2 Å². The largest absolute Gasteiger partial charge is 0.454 e. The lowest BCUT2D eigenvalue weighted by Crippen LogP contribution is -2.05. The number of aromatic nitrogens is 2. The molecule has 0 spiro atoms. The third kappa shape index (κ3) is 3.57. The van der Waals surface area contributed by atoms with Crippen molar-refractivity contribution in [2.24, 2.45) is 0 Å². The number of hydrogen-bond donors (Lipinski definition) is 1. The van der Waals surface area contributed by atoms with E-state index in [1.807, 2.05) is 0 Å². The van der Waals surface area contributed by atoms with E-state index in [1.165, 1.54) is 42.7 Å². The van der Waals surface area contributed by atoms with Gasteiger partial charge < -0.3 is 9.72 Å². The van der Waals surface area contributed by atoms with Crippen LogP contribution in [0.2, 0.25) is 0 Å². The average Bonchev–Trinajstić information content (AvgIpc) is 3.23. The first-order valence-electron chi connectivity index (χ1n) is 7.10. The standard InChI is InChI=1S/C17H13FN2O3S/c1-10(21)12-6-15(19-7-12)17(22)23-8-14-9-24-16(20-14)11-2-4-13(18)5-3-11/h2-7,9,19H,8H2,1H3. The van der Waals surface area contributed by atoms with Gasteiger partial charge in [0.1, 0.15) is 23.1 Å². The van der Waals surface area contributed by atoms with Gasteiger partial charge in [0.25, 0.3) is 0 Å². The Balaban J connectivity index is 1.63. The summed E-state index contributed by atoms with van der Waals surface area (Å²) in [5.74, 6) is -0.993. The number of nitrogens with one attached hydrogen (secondary N) is 1. The number of Topliss-reactive ketones (excluding diaryl/α,β-unsaturated/α-hetero) is 1. The van der Waals surface area contributed by atoms with Crippen molar-refractivity contribution >= 4 is 23.1 Å². The van der Waals surface area contributed by atoms with Crippen LogP contribution in [-0.2, 0) is 11.3 Å². The van der Waals surface area contributed by atoms with Gasteiger partial charge in [0.05, 0.1) is 5.69 Å². The van der Waals surface area contributed by atoms with Crippen molar-refractivity contribution in [3.8, 4) is 10.6 Å². The third-order valence-corrected chi connectivity index (χ3v) is 4.24. The molecule has 1 N–H and O–H groups in total. The summed E-state index contributed by atoms with van der Waals surface area (Å²) in [6.07, 6.45) is 1.47. The van der Waals surface area contributed by atoms with Crippen molar-refractivity contribution in [1.29, 1.82) is 0 Å². The fourth-order valence-electron chi connectivity index (χ4n) is 2.03. The third-order valence-electron chi connectivity index (χ3n) is 3.30. The number of thiazole rings is 1. The van der Waals surface area contributed by atoms with E-state index < -0.39 is 5.97 Å². The summed E-state index contributed by atoms with van der Waals surface area (Å²) in [7, 11) is 0. The molecule has 122 valence electrons. The molecule has 0 aliphatic carbocycles. The van der Waals surface area contributed by atoms with Crippen LogP contribution in [0.4, 0.5) is 4.39 Å². The van der Waals surface area contributed by atoms with Crippen molar-refractivity contribution in [1.82, 2.24) is 9.97 Å². The average molecular weight is 344 g/mol. The highest BCUT2D eigenvalue weighted by atomic mass is 32.1. The predicted octanol–water partition coefficient (Wildman–Crippen LogP) is 3.84. The minimum atomic E-state index is -0.557. The highest BCUT2D eigenvalue weighted by Crippen LogP contribution is 2.24. The van der Waals surface area contributed by atoms with Gasteiger partial charge in [0.2, 0.25) is 0 Å². The zero-order valence-electron chi connectivity index (χ0n) is 12.7. The summed E-state index contributed by atoms with van der Waals surface area (Å²) in [4.78, 5) is 30.2. The van der Waals surface area contributed by atoms with Gasteiger partial charge in [0.15, 0.2) is 5.78 Å². The smallest absolute Gasteiger partial charge is 0.355 e. The topological polar surface area (TPSA) is 72.0 Å². The van der Waals surface area contributed by atoms with Crippen LogP contribution in [0.5, 0.6) is 0 Å². The van der Waals surface area contributed by atoms with E-state index in [4.69, 9.17) is 4.74 Å². The van der Waals surface area contributed by atoms with E-state index in [2.05, 4.69) is 9.97 Å². The van der Waals surface area contributed by atoms with Gasteiger partial charge in [-0.3, -0.25) is 4.79 Å². The van der Waals surface area contributed by atoms with Crippen molar-refractivity contribution in [2.75, 3.05) is 0 Å². The zero-order chi connectivity index (χ0) is 17.1. The Bertz CT molecular complexity index is 883. The lowest BCUT2D eigenvalue weighted by atomic mass is 10.2. The molecule has 0 atom stereocenters. The van der Waals surface area contributed by atoms with Crippen LogP contribution in [0.25, 0.3) is 10.6 Å². The first-order chi connectivity index (χ1) is 11.5. The number of carbonyl (C=O) groups excluding carboxylic acids is 2. The molecule has 0 amide bonds. The fourth-order valence-corrected chi connectivity index (χ4v) is 2.84. The molecule has 0 saturated heterocycles. The van der Waals surface area contributed by atoms with Crippen LogP contribution < -0.4 is 0 Å². The molecule has 1 aromatic carbocycles. The highest BCUT2D eigenvalue weighted by molar-refractivity contribution is 7.13. The summed E-state index contributed by atoms with van der Waals surface area (Å²) in [5.41, 5.74) is 2.05. The maximum Gasteiger partial charge on any atom is 0.355 e. The van der Waals surface area contributed by atoms with Crippen LogP contribution in [-0.4, -0.2) is 21.7 Å². The zero-order valence-corrected chi connectivity index (χ0v) is 13.5. The Morgan fingerprint density at radius 2 is 2.04 bits per heavy atom. The van der Waals surface area contributed by atoms with Gasteiger partial charge >= 0.3 is 5.97 Å². The van der Waals surface area contributed by atoms with Gasteiger partial charge in [-0.2, -0.15) is 0 Å². The number of ether oxygens (including phenoxy) is 1. The second-order valence-corrected chi connectivity index (χ2v) is 5.94. The van der Waals surface area contributed by atoms with Crippen LogP contribution in [0, 0.1) is 5.82 Å². The van der Waals surface area contributed by atoms with Crippen molar-refractivity contribution in [3.05, 3.63) is 64.7 Å². The SMILES string of the molecule is CC(=O)c1c[nH]c(C(=O)OCc2csc(-c3ccc(F)cc3)n2)c1. The molecule has 5 nitrogen and oxygen atoms in total. The molecule has 2 heterocycles. The van der Waals surface area contributed by atoms with Crippen LogP contribution in [0.1, 0.15) is 33.5 Å². The molecule has 0 fully saturated rings. The monoisotopic (exact) mass is 344 g/mol. The quantitative estimate of drug-likeness (QED) is 0.564. The molecule has 7 heteroatoms. The van der Waals surface area contributed by atoms with Gasteiger partial charge in [-0.15, -0.1) is 11.3 Å². The number of rotatable bonds is 5. The van der Waals surface area contributed by atoms with E-state index in [0.29, 0.717) is 11.3 Å². The maximum atomic E-state index is 12.9. The van der Waals surface area contributed by atoms with E-state index in [9.17, 15) is 14.0 Å². The number of H-pyrrole nitrogens is 1. The summed E-state index contributed by atoms with van der Waals surface area (Å²) >= 11 is 1.39. The van der Waals surface area contributed by atoms with Gasteiger partial charge in [-0.1, -0.05) is 0 Å². The Kier molecular flexibility index (Phi) is 4.52. The van der Waals surface area contributed by atoms with Gasteiger partial charge in [0, 0.05) is 22.7 Å². The molecule has 0 unspecified atom stereocenters. The minimum absolute atomic E-state index is 0.0188. The second-order valence-electron chi connectivity index (χ2n) is 5.09. The van der Waals surface area contributed by atoms with E-state index in [0.717, 1.165) is 10.6 Å². The molecular weight excluding hydrogens is 331 g/mol. The molecule has 24 heavy (non-hydrogen) atoms. The Hall–Kier alpha value is -2.80. The summed E-state index contributed by atoms with van der Waals surface area (Å²) in [5, 5.41) is 2.50. The molecule has 2 aromatic heterocycles. The molecule has 0 aliphatic rings. The van der Waals surface area contributed by atoms with Crippen LogP contribution in [0.15, 0.2) is 41.9 Å². The normalized spacial score (nSPS) is 10.6. The maximum absolute atomic E-state index is 12.9. The van der Waals surface area contributed by atoms with Crippen LogP contribution >= 0.6 is 11.3 Å². The number of hydrogen-bond acceptors (Lipinski definition) is 5. The number of halogens is 1. The summed E-state index contributed by atoms with van der Waals surface area (Å²) < 4.78 is 18.1. The fraction of sp³-hybridized carbons (Fsp3) is 0.118. The molecule has 0 bridgehead atoms. The first-order valence-corrected chi connectivity index (χ1v) is 7.98. The predicted molar refractivity (Wildman–Crippen MR) is 87.4 cm³/mol. The van der Waals surface area contributed by atoms with Crippen LogP contribution in [0.3, 0.4) is 0 Å². The van der Waals surface area contributed by atoms with Gasteiger partial charge in [-0.05, 0) is 37.3 Å². The molecular formula is C17H13FN2O3S. The summed E-state index contributed by atoms with van der Waals surface area (Å²) in [6.45, 7) is 1.44. The van der Waals surface area contributed by atoms with E-state index >= 15 is 0 Å². The first kappa shape index (κ1) is 16.1. The number of benzene rings is 1.